The van der Waals surface area contributed by atoms with Crippen molar-refractivity contribution in [2.75, 3.05) is 12.0 Å². The third-order valence-electron chi connectivity index (χ3n) is 4.85. The Balaban J connectivity index is 2.42. The van der Waals surface area contributed by atoms with E-state index < -0.39 is 32.6 Å². The fourth-order valence-electron chi connectivity index (χ4n) is 3.40. The Hall–Kier alpha value is -3.55. The topological polar surface area (TPSA) is 161 Å². The maximum atomic E-state index is 12.7. The second kappa shape index (κ2) is 9.59. The summed E-state index contributed by atoms with van der Waals surface area (Å²) in [5.41, 5.74) is 1.04. The molecule has 1 atom stereocenters. The summed E-state index contributed by atoms with van der Waals surface area (Å²) in [5.74, 6) is -0.464. The summed E-state index contributed by atoms with van der Waals surface area (Å²) in [4.78, 5) is 33.4. The van der Waals surface area contributed by atoms with Crippen molar-refractivity contribution < 1.29 is 19.4 Å². The fraction of sp³-hybridized carbons (Fsp3) is 0.500. The number of nitrogens with zero attached hydrogens (tertiary/aromatic N) is 4. The zero-order chi connectivity index (χ0) is 21.4. The molecule has 1 aliphatic rings. The number of hydrogen-bond donors (Lipinski definition) is 1. The maximum Gasteiger partial charge on any atom is 0.317 e. The molecule has 0 aromatic heterocycles. The Kier molecular flexibility index (Phi) is 7.19. The van der Waals surface area contributed by atoms with Crippen LogP contribution in [0.2, 0.25) is 0 Å². The third-order valence-corrected chi connectivity index (χ3v) is 4.85. The van der Waals surface area contributed by atoms with E-state index in [1.54, 1.807) is 6.92 Å². The van der Waals surface area contributed by atoms with Gasteiger partial charge in [0, 0.05) is 12.5 Å². The van der Waals surface area contributed by atoms with Gasteiger partial charge in [0.1, 0.15) is 11.1 Å². The van der Waals surface area contributed by atoms with Crippen LogP contribution in [0.15, 0.2) is 23.3 Å². The first-order chi connectivity index (χ1) is 13.9. The molecule has 0 unspecified atom stereocenters. The average Bonchev–Trinajstić information content (AvgIpc) is 2.71. The van der Waals surface area contributed by atoms with Gasteiger partial charge in [-0.2, -0.15) is 10.4 Å². The summed E-state index contributed by atoms with van der Waals surface area (Å²) < 4.78 is 5.23. The zero-order valence-electron chi connectivity index (χ0n) is 15.9. The van der Waals surface area contributed by atoms with Gasteiger partial charge in [-0.25, -0.2) is 0 Å². The highest BCUT2D eigenvalue weighted by Crippen LogP contribution is 2.40. The standard InChI is InChI=1S/C18H21N5O6/c1-2-29-17(24)18(10-5-11-19)9-4-3-6-16(18)21-20-14-8-7-13(22(25)26)12-15(14)23(27)28/h7-8,12,20H,2-6,9-10H2,1H3/b21-16+/t18-/m1/s1. The fourth-order valence-corrected chi connectivity index (χ4v) is 3.40. The molecule has 0 amide bonds. The zero-order valence-corrected chi connectivity index (χ0v) is 15.9. The number of nitro benzene ring substituents is 2. The molecule has 1 N–H and O–H groups in total. The average molecular weight is 403 g/mol. The number of carbonyl (C=O) groups is 1. The molecule has 0 radical (unpaired) electrons. The van der Waals surface area contributed by atoms with E-state index in [-0.39, 0.29) is 25.1 Å². The molecule has 1 saturated carbocycles. The SMILES string of the molecule is CCOC(=O)[C@@]1(CCC#N)CCCC/C1=N\Nc1ccc([N+](=O)[O-])cc1[N+](=O)[O-]. The highest BCUT2D eigenvalue weighted by atomic mass is 16.6. The van der Waals surface area contributed by atoms with Gasteiger partial charge in [-0.1, -0.05) is 6.42 Å². The summed E-state index contributed by atoms with van der Waals surface area (Å²) in [6, 6.07) is 5.21. The number of carbonyl (C=O) groups excluding carboxylic acids is 1. The Morgan fingerprint density at radius 3 is 2.72 bits per heavy atom. The Morgan fingerprint density at radius 2 is 2.10 bits per heavy atom. The first-order valence-corrected chi connectivity index (χ1v) is 9.15. The van der Waals surface area contributed by atoms with E-state index in [0.29, 0.717) is 18.6 Å². The van der Waals surface area contributed by atoms with Crippen molar-refractivity contribution in [2.45, 2.75) is 45.4 Å². The summed E-state index contributed by atoms with van der Waals surface area (Å²) in [6.45, 7) is 1.87. The lowest BCUT2D eigenvalue weighted by Crippen LogP contribution is -2.43. The van der Waals surface area contributed by atoms with Gasteiger partial charge in [-0.15, -0.1) is 0 Å². The van der Waals surface area contributed by atoms with Crippen LogP contribution < -0.4 is 5.43 Å². The van der Waals surface area contributed by atoms with E-state index in [4.69, 9.17) is 10.00 Å². The van der Waals surface area contributed by atoms with Gasteiger partial charge in [0.25, 0.3) is 5.69 Å². The normalized spacial score (nSPS) is 19.9. The van der Waals surface area contributed by atoms with Gasteiger partial charge in [-0.05, 0) is 38.7 Å². The number of hydrazone groups is 1. The van der Waals surface area contributed by atoms with Crippen LogP contribution >= 0.6 is 0 Å². The number of non-ortho nitro benzene ring substituents is 1. The predicted molar refractivity (Wildman–Crippen MR) is 103 cm³/mol. The molecule has 0 aliphatic heterocycles. The summed E-state index contributed by atoms with van der Waals surface area (Å²) in [6.07, 6.45) is 2.85. The van der Waals surface area contributed by atoms with E-state index >= 15 is 0 Å². The van der Waals surface area contributed by atoms with E-state index in [1.165, 1.54) is 6.07 Å². The number of nitrogens with one attached hydrogen (secondary N) is 1. The number of esters is 1. The predicted octanol–water partition coefficient (Wildman–Crippen LogP) is 3.70. The minimum Gasteiger partial charge on any atom is -0.465 e. The minimum absolute atomic E-state index is 0.0308. The first-order valence-electron chi connectivity index (χ1n) is 9.15. The lowest BCUT2D eigenvalue weighted by molar-refractivity contribution is -0.393. The van der Waals surface area contributed by atoms with Crippen molar-refractivity contribution in [3.8, 4) is 6.07 Å². The lowest BCUT2D eigenvalue weighted by atomic mass is 9.69. The third kappa shape index (κ3) is 4.84. The quantitative estimate of drug-likeness (QED) is 0.390. The van der Waals surface area contributed by atoms with Gasteiger partial charge in [0.2, 0.25) is 0 Å². The highest BCUT2D eigenvalue weighted by molar-refractivity contribution is 6.07. The van der Waals surface area contributed by atoms with Crippen LogP contribution in [0.25, 0.3) is 0 Å². The van der Waals surface area contributed by atoms with Crippen LogP contribution in [0.4, 0.5) is 17.1 Å². The second-order valence-corrected chi connectivity index (χ2v) is 6.55. The van der Waals surface area contributed by atoms with Gasteiger partial charge >= 0.3 is 11.7 Å². The number of ether oxygens (including phenoxy) is 1. The smallest absolute Gasteiger partial charge is 0.317 e. The summed E-state index contributed by atoms with van der Waals surface area (Å²) in [5, 5.41) is 35.4. The molecule has 0 heterocycles. The van der Waals surface area contributed by atoms with E-state index in [2.05, 4.69) is 10.5 Å². The molecule has 11 nitrogen and oxygen atoms in total. The number of anilines is 1. The molecule has 11 heteroatoms. The van der Waals surface area contributed by atoms with Gasteiger partial charge in [0.05, 0.1) is 34.3 Å². The van der Waals surface area contributed by atoms with Gasteiger partial charge in [-0.3, -0.25) is 30.4 Å². The number of nitro groups is 2. The van der Waals surface area contributed by atoms with Crippen LogP contribution in [-0.4, -0.2) is 28.1 Å². The molecule has 29 heavy (non-hydrogen) atoms. The maximum absolute atomic E-state index is 12.7. The van der Waals surface area contributed by atoms with Crippen molar-refractivity contribution in [1.82, 2.24) is 0 Å². The second-order valence-electron chi connectivity index (χ2n) is 6.55. The number of hydrogen-bond acceptors (Lipinski definition) is 9. The van der Waals surface area contributed by atoms with Crippen LogP contribution in [0.1, 0.15) is 45.4 Å². The van der Waals surface area contributed by atoms with Crippen molar-refractivity contribution >= 4 is 28.7 Å². The number of nitriles is 1. The molecule has 154 valence electrons. The van der Waals surface area contributed by atoms with Crippen molar-refractivity contribution in [3.05, 3.63) is 38.4 Å². The van der Waals surface area contributed by atoms with Crippen molar-refractivity contribution in [1.29, 1.82) is 5.26 Å². The van der Waals surface area contributed by atoms with Gasteiger partial charge < -0.3 is 4.74 Å². The Bertz CT molecular complexity index is 878. The molecular formula is C18H21N5O6. The number of benzene rings is 1. The number of rotatable bonds is 8. The van der Waals surface area contributed by atoms with Crippen LogP contribution in [-0.2, 0) is 9.53 Å². The summed E-state index contributed by atoms with van der Waals surface area (Å²) >= 11 is 0. The van der Waals surface area contributed by atoms with Crippen molar-refractivity contribution in [3.63, 3.8) is 0 Å². The molecule has 0 spiro atoms. The lowest BCUT2D eigenvalue weighted by Gasteiger charge is -2.35. The highest BCUT2D eigenvalue weighted by Gasteiger charge is 2.46. The molecule has 1 fully saturated rings. The molecule has 0 saturated heterocycles. The minimum atomic E-state index is -1.06. The molecule has 0 bridgehead atoms. The van der Waals surface area contributed by atoms with Crippen molar-refractivity contribution in [2.24, 2.45) is 10.5 Å². The van der Waals surface area contributed by atoms with E-state index in [9.17, 15) is 25.0 Å². The molecule has 1 aliphatic carbocycles. The Morgan fingerprint density at radius 1 is 1.34 bits per heavy atom. The molecule has 1 aromatic carbocycles. The van der Waals surface area contributed by atoms with E-state index in [0.717, 1.165) is 25.0 Å². The molecular weight excluding hydrogens is 382 g/mol. The van der Waals surface area contributed by atoms with Crippen LogP contribution in [0.3, 0.4) is 0 Å². The first kappa shape index (κ1) is 21.7. The van der Waals surface area contributed by atoms with E-state index in [1.807, 2.05) is 6.07 Å². The molecule has 2 rings (SSSR count). The van der Waals surface area contributed by atoms with Crippen LogP contribution in [0, 0.1) is 37.0 Å². The Labute approximate surface area is 166 Å². The monoisotopic (exact) mass is 403 g/mol. The molecule has 1 aromatic rings. The van der Waals surface area contributed by atoms with Crippen LogP contribution in [0.5, 0.6) is 0 Å². The summed E-state index contributed by atoms with van der Waals surface area (Å²) in [7, 11) is 0. The van der Waals surface area contributed by atoms with Gasteiger partial charge in [0.15, 0.2) is 0 Å². The largest absolute Gasteiger partial charge is 0.465 e.